The minimum atomic E-state index is -4.59. The highest BCUT2D eigenvalue weighted by molar-refractivity contribution is 6.06. The average Bonchev–Trinajstić information content (AvgIpc) is 3.59. The Hall–Kier alpha value is -5.42. The summed E-state index contributed by atoms with van der Waals surface area (Å²) in [4.78, 5) is 68.5. The minimum absolute atomic E-state index is 0.162. The summed E-state index contributed by atoms with van der Waals surface area (Å²) in [7, 11) is 0. The highest BCUT2D eigenvalue weighted by atomic mass is 19.4. The summed E-state index contributed by atoms with van der Waals surface area (Å²) in [6.45, 7) is 0.204. The third kappa shape index (κ3) is 7.13. The Labute approximate surface area is 282 Å². The van der Waals surface area contributed by atoms with Crippen molar-refractivity contribution in [2.45, 2.75) is 68.0 Å². The topological polar surface area (TPSA) is 219 Å². The van der Waals surface area contributed by atoms with Crippen molar-refractivity contribution in [3.8, 4) is 0 Å². The lowest BCUT2D eigenvalue weighted by atomic mass is 9.80. The molecule has 1 aromatic carbocycles. The Morgan fingerprint density at radius 2 is 1.68 bits per heavy atom. The number of anilines is 1. The van der Waals surface area contributed by atoms with Crippen LogP contribution < -0.4 is 10.6 Å². The molecule has 0 unspecified atom stereocenters. The first-order chi connectivity index (χ1) is 23.5. The van der Waals surface area contributed by atoms with Gasteiger partial charge in [-0.2, -0.15) is 13.2 Å². The molecule has 50 heavy (non-hydrogen) atoms. The Kier molecular flexibility index (Phi) is 9.92. The molecule has 1 aliphatic carbocycles. The van der Waals surface area contributed by atoms with Gasteiger partial charge in [0.25, 0.3) is 5.91 Å². The average molecular weight is 700 g/mol. The molecule has 17 heteroatoms. The second-order valence-corrected chi connectivity index (χ2v) is 12.3. The van der Waals surface area contributed by atoms with Gasteiger partial charge < -0.3 is 36.0 Å². The first-order valence-electron chi connectivity index (χ1n) is 15.3. The second kappa shape index (κ2) is 13.8. The number of nitrogens with one attached hydrogen (secondary N) is 2. The van der Waals surface area contributed by atoms with Crippen LogP contribution in [0.5, 0.6) is 0 Å². The molecule has 6 atom stereocenters. The Bertz CT molecular complexity index is 1810. The molecule has 1 spiro atoms. The molecular weight excluding hydrogens is 667 g/mol. The van der Waals surface area contributed by atoms with Gasteiger partial charge in [0.1, 0.15) is 18.4 Å². The van der Waals surface area contributed by atoms with Gasteiger partial charge in [-0.1, -0.05) is 36.4 Å². The van der Waals surface area contributed by atoms with E-state index in [1.807, 2.05) is 24.3 Å². The predicted molar refractivity (Wildman–Crippen MR) is 166 cm³/mol. The lowest BCUT2D eigenvalue weighted by Crippen LogP contribution is -2.59. The first-order valence-corrected chi connectivity index (χ1v) is 15.3. The lowest BCUT2D eigenvalue weighted by Gasteiger charge is -2.43. The third-order valence-electron chi connectivity index (χ3n) is 9.11. The number of nitrogens with zero attached hydrogens (tertiary/aromatic N) is 3. The second-order valence-electron chi connectivity index (χ2n) is 12.3. The number of likely N-dealkylation sites (tertiary alicyclic amines) is 1. The molecule has 1 saturated heterocycles. The van der Waals surface area contributed by atoms with Crippen molar-refractivity contribution in [1.82, 2.24) is 20.2 Å². The van der Waals surface area contributed by atoms with Crippen LogP contribution in [0.25, 0.3) is 0 Å². The van der Waals surface area contributed by atoms with E-state index in [1.54, 1.807) is 37.4 Å². The highest BCUT2D eigenvalue weighted by Crippen LogP contribution is 2.46. The molecule has 1 fully saturated rings. The molecule has 2 aromatic heterocycles. The molecule has 6 rings (SSSR count). The van der Waals surface area contributed by atoms with Crippen molar-refractivity contribution in [2.24, 2.45) is 0 Å². The molecule has 3 aliphatic rings. The van der Waals surface area contributed by atoms with E-state index in [0.29, 0.717) is 24.4 Å². The maximum atomic E-state index is 13.4. The largest absolute Gasteiger partial charge is 0.479 e. The summed E-state index contributed by atoms with van der Waals surface area (Å²) in [5.74, 6) is -4.99. The maximum Gasteiger partial charge on any atom is 0.406 e. The number of alkyl halides is 3. The van der Waals surface area contributed by atoms with Gasteiger partial charge >= 0.3 is 18.1 Å². The first kappa shape index (κ1) is 35.9. The molecule has 4 heterocycles. The Morgan fingerprint density at radius 1 is 1.02 bits per heavy atom. The quantitative estimate of drug-likeness (QED) is 0.207. The number of fused-ring (bicyclic) bond motifs is 3. The van der Waals surface area contributed by atoms with Crippen molar-refractivity contribution in [3.05, 3.63) is 88.9 Å². The maximum absolute atomic E-state index is 13.4. The fourth-order valence-electron chi connectivity index (χ4n) is 6.57. The van der Waals surface area contributed by atoms with E-state index in [-0.39, 0.29) is 17.9 Å². The van der Waals surface area contributed by atoms with Crippen LogP contribution >= 0.6 is 0 Å². The summed E-state index contributed by atoms with van der Waals surface area (Å²) in [6.07, 6.45) is -5.29. The van der Waals surface area contributed by atoms with E-state index >= 15 is 0 Å². The van der Waals surface area contributed by atoms with Crippen LogP contribution in [-0.4, -0.2) is 102 Å². The number of aliphatic hydroxyl groups excluding tert-OH is 2. The highest BCUT2D eigenvalue weighted by Gasteiger charge is 2.52. The molecule has 14 nitrogen and oxygen atoms in total. The summed E-state index contributed by atoms with van der Waals surface area (Å²) < 4.78 is 40.3. The van der Waals surface area contributed by atoms with Crippen molar-refractivity contribution >= 4 is 35.5 Å². The van der Waals surface area contributed by atoms with Gasteiger partial charge in [-0.05, 0) is 43.0 Å². The number of carbonyl (C=O) groups is 5. The van der Waals surface area contributed by atoms with Gasteiger partial charge in [-0.25, -0.2) is 14.6 Å². The normalized spacial score (nSPS) is 23.6. The Morgan fingerprint density at radius 3 is 2.30 bits per heavy atom. The van der Waals surface area contributed by atoms with Crippen LogP contribution in [0.15, 0.2) is 60.9 Å². The van der Waals surface area contributed by atoms with Crippen LogP contribution in [0, 0.1) is 0 Å². The molecule has 0 radical (unpaired) electrons. The minimum Gasteiger partial charge on any atom is -0.479 e. The molecule has 3 amide bonds. The summed E-state index contributed by atoms with van der Waals surface area (Å²) in [5, 5.41) is 38.0. The monoisotopic (exact) mass is 699 g/mol. The molecular formula is C33H32F3N5O9. The predicted octanol–water partition coefficient (Wildman–Crippen LogP) is 1.41. The number of carboxylic acids is 2. The zero-order valence-electron chi connectivity index (χ0n) is 26.3. The van der Waals surface area contributed by atoms with E-state index in [9.17, 15) is 37.1 Å². The number of amides is 3. The van der Waals surface area contributed by atoms with E-state index in [1.165, 1.54) is 6.20 Å². The number of pyridine rings is 2. The molecule has 0 saturated carbocycles. The number of rotatable bonds is 7. The Balaban J connectivity index is 0.000000425. The van der Waals surface area contributed by atoms with Gasteiger partial charge in [-0.3, -0.25) is 19.4 Å². The van der Waals surface area contributed by atoms with Crippen molar-refractivity contribution in [2.75, 3.05) is 11.9 Å². The zero-order chi connectivity index (χ0) is 36.5. The van der Waals surface area contributed by atoms with Crippen molar-refractivity contribution in [1.29, 1.82) is 0 Å². The van der Waals surface area contributed by atoms with E-state index in [2.05, 4.69) is 20.6 Å². The fourth-order valence-corrected chi connectivity index (χ4v) is 6.57. The number of aromatic nitrogens is 2. The number of piperidine rings is 1. The zero-order valence-corrected chi connectivity index (χ0v) is 26.3. The van der Waals surface area contributed by atoms with Gasteiger partial charge in [-0.15, -0.1) is 0 Å². The van der Waals surface area contributed by atoms with Gasteiger partial charge in [0.2, 0.25) is 11.8 Å². The summed E-state index contributed by atoms with van der Waals surface area (Å²) in [6, 6.07) is 12.4. The van der Waals surface area contributed by atoms with Crippen LogP contribution in [0.4, 0.5) is 19.0 Å². The van der Waals surface area contributed by atoms with Gasteiger partial charge in [0, 0.05) is 42.0 Å². The van der Waals surface area contributed by atoms with Crippen LogP contribution in [0.1, 0.15) is 52.0 Å². The van der Waals surface area contributed by atoms with Crippen molar-refractivity contribution in [3.63, 3.8) is 0 Å². The van der Waals surface area contributed by atoms with E-state index in [4.69, 9.17) is 20.4 Å². The standard InChI is InChI=1S/C29H26F3N5O3.C4H6O6/c1-16-20(17-6-3-2-4-7-17)11-22(26(39)37(16)15-29(30,31)32)35-25(38)19-10-18-12-28(13-23(18)34-14-19)21-8-5-9-33-24(21)36-27(28)40;5-1(3(7)8)2(6)4(9)10/h2-10,14,16,20,22H,11-13,15H2,1H3,(H,35,38)(H,33,36,40);1-2,5-6H,(H,7,8)(H,9,10)/t16-,20-,22+,28+;1-,2-/m11/s1. The fraction of sp³-hybridized carbons (Fsp3) is 0.364. The molecule has 3 aromatic rings. The van der Waals surface area contributed by atoms with Crippen LogP contribution in [0.3, 0.4) is 0 Å². The number of aliphatic hydroxyl groups is 2. The molecule has 6 N–H and O–H groups in total. The van der Waals surface area contributed by atoms with E-state index in [0.717, 1.165) is 21.6 Å². The number of halogens is 3. The number of hydrogen-bond donors (Lipinski definition) is 6. The van der Waals surface area contributed by atoms with Crippen LogP contribution in [-0.2, 0) is 37.4 Å². The SMILES string of the molecule is C[C@@H]1[C@H](c2ccccc2)C[C@H](NC(=O)c2cnc3c(c2)C[C@@]2(C3)C(=O)Nc3ncccc32)C(=O)N1CC(F)(F)F.O=C(O)[C@H](O)[C@@H](O)C(=O)O. The number of aliphatic carboxylic acids is 2. The third-order valence-corrected chi connectivity index (χ3v) is 9.11. The van der Waals surface area contributed by atoms with Crippen molar-refractivity contribution < 1.29 is 57.6 Å². The number of benzene rings is 1. The molecule has 2 aliphatic heterocycles. The number of hydrogen-bond acceptors (Lipinski definition) is 9. The number of carboxylic acid groups (broad SMARTS) is 2. The smallest absolute Gasteiger partial charge is 0.406 e. The summed E-state index contributed by atoms with van der Waals surface area (Å²) in [5.41, 5.74) is 2.30. The summed E-state index contributed by atoms with van der Waals surface area (Å²) >= 11 is 0. The van der Waals surface area contributed by atoms with E-state index < -0.39 is 72.1 Å². The van der Waals surface area contributed by atoms with Gasteiger partial charge in [0.15, 0.2) is 12.2 Å². The number of carbonyl (C=O) groups excluding carboxylic acids is 3. The van der Waals surface area contributed by atoms with Gasteiger partial charge in [0.05, 0.1) is 11.0 Å². The molecule has 0 bridgehead atoms. The van der Waals surface area contributed by atoms with Crippen LogP contribution in [0.2, 0.25) is 0 Å². The lowest BCUT2D eigenvalue weighted by molar-refractivity contribution is -0.170. The molecule has 264 valence electrons.